The number of carbonyl (C=O) groups is 1. The highest BCUT2D eigenvalue weighted by atomic mass is 35.5. The summed E-state index contributed by atoms with van der Waals surface area (Å²) in [5, 5.41) is 11.6. The van der Waals surface area contributed by atoms with Crippen LogP contribution in [0.5, 0.6) is 0 Å². The summed E-state index contributed by atoms with van der Waals surface area (Å²) in [5.41, 5.74) is 1.80. The SMILES string of the molecule is O=C(CSc1nnc(-c2cnccn2)n1-c1ccccc1)Nc1ccc(F)c(Cl)c1. The summed E-state index contributed by atoms with van der Waals surface area (Å²) < 4.78 is 15.1. The van der Waals surface area contributed by atoms with Crippen molar-refractivity contribution in [3.05, 3.63) is 78.0 Å². The molecular weight excluding hydrogens is 427 g/mol. The Balaban J connectivity index is 1.56. The first-order chi connectivity index (χ1) is 14.6. The van der Waals surface area contributed by atoms with E-state index in [4.69, 9.17) is 11.6 Å². The number of hydrogen-bond donors (Lipinski definition) is 1. The van der Waals surface area contributed by atoms with E-state index in [1.54, 1.807) is 18.6 Å². The summed E-state index contributed by atoms with van der Waals surface area (Å²) in [7, 11) is 0. The molecule has 0 saturated carbocycles. The highest BCUT2D eigenvalue weighted by Gasteiger charge is 2.18. The fraction of sp³-hybridized carbons (Fsp3) is 0.0500. The normalized spacial score (nSPS) is 10.7. The molecule has 0 unspecified atom stereocenters. The van der Waals surface area contributed by atoms with Gasteiger partial charge in [0.2, 0.25) is 5.91 Å². The van der Waals surface area contributed by atoms with Crippen LogP contribution in [-0.2, 0) is 4.79 Å². The van der Waals surface area contributed by atoms with Crippen LogP contribution in [0.3, 0.4) is 0 Å². The molecule has 0 aliphatic rings. The number of aromatic nitrogens is 5. The van der Waals surface area contributed by atoms with Crippen molar-refractivity contribution in [2.24, 2.45) is 0 Å². The molecule has 0 radical (unpaired) electrons. The molecular formula is C20H14ClFN6OS. The van der Waals surface area contributed by atoms with Gasteiger partial charge in [-0.3, -0.25) is 14.3 Å². The van der Waals surface area contributed by atoms with E-state index in [1.165, 1.54) is 30.0 Å². The number of hydrogen-bond acceptors (Lipinski definition) is 6. The lowest BCUT2D eigenvalue weighted by Crippen LogP contribution is -2.14. The van der Waals surface area contributed by atoms with Crippen LogP contribution in [0, 0.1) is 5.82 Å². The minimum Gasteiger partial charge on any atom is -0.325 e. The van der Waals surface area contributed by atoms with Gasteiger partial charge in [0.1, 0.15) is 11.5 Å². The number of rotatable bonds is 6. The molecule has 0 bridgehead atoms. The molecule has 2 heterocycles. The smallest absolute Gasteiger partial charge is 0.234 e. The van der Waals surface area contributed by atoms with Crippen LogP contribution < -0.4 is 5.32 Å². The minimum absolute atomic E-state index is 0.0575. The van der Waals surface area contributed by atoms with Crippen LogP contribution in [0.4, 0.5) is 10.1 Å². The van der Waals surface area contributed by atoms with E-state index in [9.17, 15) is 9.18 Å². The molecule has 1 amide bonds. The number of para-hydroxylation sites is 1. The molecule has 30 heavy (non-hydrogen) atoms. The van der Waals surface area contributed by atoms with Gasteiger partial charge in [-0.2, -0.15) is 0 Å². The zero-order valence-electron chi connectivity index (χ0n) is 15.4. The van der Waals surface area contributed by atoms with Crippen molar-refractivity contribution in [1.82, 2.24) is 24.7 Å². The Morgan fingerprint density at radius 3 is 2.70 bits per heavy atom. The second-order valence-corrected chi connectivity index (χ2v) is 7.38. The highest BCUT2D eigenvalue weighted by molar-refractivity contribution is 7.99. The van der Waals surface area contributed by atoms with Crippen LogP contribution in [-0.4, -0.2) is 36.4 Å². The molecule has 150 valence electrons. The average molecular weight is 441 g/mol. The van der Waals surface area contributed by atoms with E-state index in [0.717, 1.165) is 5.69 Å². The van der Waals surface area contributed by atoms with Crippen molar-refractivity contribution in [2.45, 2.75) is 5.16 Å². The van der Waals surface area contributed by atoms with E-state index in [-0.39, 0.29) is 16.7 Å². The van der Waals surface area contributed by atoms with Gasteiger partial charge in [-0.1, -0.05) is 41.6 Å². The van der Waals surface area contributed by atoms with Gasteiger partial charge in [-0.05, 0) is 30.3 Å². The maximum absolute atomic E-state index is 13.3. The molecule has 0 aliphatic heterocycles. The zero-order chi connectivity index (χ0) is 20.9. The molecule has 0 aliphatic carbocycles. The van der Waals surface area contributed by atoms with Gasteiger partial charge in [-0.15, -0.1) is 10.2 Å². The Hall–Kier alpha value is -3.30. The lowest BCUT2D eigenvalue weighted by molar-refractivity contribution is -0.113. The van der Waals surface area contributed by atoms with Gasteiger partial charge < -0.3 is 5.32 Å². The predicted octanol–water partition coefficient (Wildman–Crippen LogP) is 4.25. The molecule has 4 aromatic rings. The lowest BCUT2D eigenvalue weighted by atomic mass is 10.3. The molecule has 0 atom stereocenters. The fourth-order valence-corrected chi connectivity index (χ4v) is 3.59. The molecule has 10 heteroatoms. The molecule has 4 rings (SSSR count). The van der Waals surface area contributed by atoms with Gasteiger partial charge >= 0.3 is 0 Å². The standard InChI is InChI=1S/C20H14ClFN6OS/c21-15-10-13(6-7-16(15)22)25-18(29)12-30-20-27-26-19(17-11-23-8-9-24-17)28(20)14-4-2-1-3-5-14/h1-11H,12H2,(H,25,29). The first-order valence-electron chi connectivity index (χ1n) is 8.77. The number of nitrogens with zero attached hydrogens (tertiary/aromatic N) is 5. The third-order valence-corrected chi connectivity index (χ3v) is 5.19. The lowest BCUT2D eigenvalue weighted by Gasteiger charge is -2.10. The fourth-order valence-electron chi connectivity index (χ4n) is 2.65. The van der Waals surface area contributed by atoms with Crippen molar-refractivity contribution >= 4 is 35.0 Å². The number of thioether (sulfide) groups is 1. The summed E-state index contributed by atoms with van der Waals surface area (Å²) in [6.07, 6.45) is 4.75. The van der Waals surface area contributed by atoms with Gasteiger partial charge in [0.15, 0.2) is 11.0 Å². The molecule has 2 aromatic carbocycles. The molecule has 1 N–H and O–H groups in total. The molecule has 0 fully saturated rings. The molecule has 0 saturated heterocycles. The first-order valence-corrected chi connectivity index (χ1v) is 10.1. The number of carbonyl (C=O) groups excluding carboxylic acids is 1. The summed E-state index contributed by atoms with van der Waals surface area (Å²) in [4.78, 5) is 20.7. The van der Waals surface area contributed by atoms with Crippen molar-refractivity contribution in [1.29, 1.82) is 0 Å². The van der Waals surface area contributed by atoms with Crippen LogP contribution in [0.1, 0.15) is 0 Å². The Morgan fingerprint density at radius 2 is 1.97 bits per heavy atom. The number of halogens is 2. The van der Waals surface area contributed by atoms with Crippen LogP contribution >= 0.6 is 23.4 Å². The summed E-state index contributed by atoms with van der Waals surface area (Å²) in [5.74, 6) is -0.245. The largest absolute Gasteiger partial charge is 0.325 e. The predicted molar refractivity (Wildman–Crippen MR) is 113 cm³/mol. The van der Waals surface area contributed by atoms with Gasteiger partial charge in [0.05, 0.1) is 17.0 Å². The Kier molecular flexibility index (Phi) is 6.01. The first kappa shape index (κ1) is 20.0. The van der Waals surface area contributed by atoms with E-state index in [2.05, 4.69) is 25.5 Å². The number of benzene rings is 2. The van der Waals surface area contributed by atoms with Crippen molar-refractivity contribution in [3.63, 3.8) is 0 Å². The van der Waals surface area contributed by atoms with E-state index >= 15 is 0 Å². The average Bonchev–Trinajstić information content (AvgIpc) is 3.20. The maximum Gasteiger partial charge on any atom is 0.234 e. The topological polar surface area (TPSA) is 85.6 Å². The summed E-state index contributed by atoms with van der Waals surface area (Å²) >= 11 is 6.97. The Labute approximate surface area is 180 Å². The van der Waals surface area contributed by atoms with Crippen LogP contribution in [0.15, 0.2) is 72.3 Å². The number of amides is 1. The van der Waals surface area contributed by atoms with Crippen LogP contribution in [0.2, 0.25) is 5.02 Å². The Morgan fingerprint density at radius 1 is 1.13 bits per heavy atom. The number of nitrogens with one attached hydrogen (secondary N) is 1. The summed E-state index contributed by atoms with van der Waals surface area (Å²) in [6, 6.07) is 13.5. The molecule has 2 aromatic heterocycles. The van der Waals surface area contributed by atoms with Crippen molar-refractivity contribution in [3.8, 4) is 17.2 Å². The van der Waals surface area contributed by atoms with Gasteiger partial charge in [0, 0.05) is 23.8 Å². The molecule has 7 nitrogen and oxygen atoms in total. The van der Waals surface area contributed by atoms with Crippen molar-refractivity contribution < 1.29 is 9.18 Å². The van der Waals surface area contributed by atoms with E-state index in [1.807, 2.05) is 34.9 Å². The second kappa shape index (κ2) is 9.02. The van der Waals surface area contributed by atoms with Crippen LogP contribution in [0.25, 0.3) is 17.2 Å². The third kappa shape index (κ3) is 4.47. The highest BCUT2D eigenvalue weighted by Crippen LogP contribution is 2.27. The van der Waals surface area contributed by atoms with E-state index in [0.29, 0.717) is 22.4 Å². The van der Waals surface area contributed by atoms with Crippen molar-refractivity contribution in [2.75, 3.05) is 11.1 Å². The van der Waals surface area contributed by atoms with Gasteiger partial charge in [0.25, 0.3) is 0 Å². The second-order valence-electron chi connectivity index (χ2n) is 6.03. The third-order valence-electron chi connectivity index (χ3n) is 3.98. The minimum atomic E-state index is -0.545. The van der Waals surface area contributed by atoms with Gasteiger partial charge in [-0.25, -0.2) is 9.37 Å². The molecule has 0 spiro atoms. The maximum atomic E-state index is 13.3. The Bertz CT molecular complexity index is 1170. The van der Waals surface area contributed by atoms with E-state index < -0.39 is 5.82 Å². The zero-order valence-corrected chi connectivity index (χ0v) is 16.9. The summed E-state index contributed by atoms with van der Waals surface area (Å²) in [6.45, 7) is 0. The number of anilines is 1. The quantitative estimate of drug-likeness (QED) is 0.451. The monoisotopic (exact) mass is 440 g/mol.